The molecule has 1 heterocycles. The Morgan fingerprint density at radius 1 is 1.38 bits per heavy atom. The fourth-order valence-electron chi connectivity index (χ4n) is 2.19. The monoisotopic (exact) mass is 327 g/mol. The highest BCUT2D eigenvalue weighted by Crippen LogP contribution is 2.16. The molecular formula is C13H17N3O3S2. The molecule has 6 nitrogen and oxygen atoms in total. The molecule has 1 aromatic rings. The number of nitrogens with two attached hydrogens (primary N) is 1. The van der Waals surface area contributed by atoms with Gasteiger partial charge in [-0.2, -0.15) is 4.31 Å². The number of amides is 1. The topological polar surface area (TPSA) is 92.5 Å². The minimum atomic E-state index is -3.59. The van der Waals surface area contributed by atoms with Gasteiger partial charge >= 0.3 is 0 Å². The van der Waals surface area contributed by atoms with Gasteiger partial charge < -0.3 is 11.1 Å². The van der Waals surface area contributed by atoms with Crippen LogP contribution in [0.2, 0.25) is 0 Å². The Balaban J connectivity index is 2.25. The molecule has 0 saturated carbocycles. The van der Waals surface area contributed by atoms with Crippen LogP contribution in [0.1, 0.15) is 17.5 Å². The second-order valence-electron chi connectivity index (χ2n) is 4.81. The van der Waals surface area contributed by atoms with Crippen LogP contribution in [0.5, 0.6) is 0 Å². The van der Waals surface area contributed by atoms with Gasteiger partial charge in [-0.25, -0.2) is 8.42 Å². The Kier molecular flexibility index (Phi) is 4.92. The summed E-state index contributed by atoms with van der Waals surface area (Å²) in [7, 11) is -3.59. The quantitative estimate of drug-likeness (QED) is 0.758. The van der Waals surface area contributed by atoms with E-state index in [4.69, 9.17) is 18.0 Å². The maximum Gasteiger partial charge on any atom is 0.235 e. The molecule has 0 aliphatic carbocycles. The van der Waals surface area contributed by atoms with E-state index in [0.29, 0.717) is 30.6 Å². The highest BCUT2D eigenvalue weighted by Gasteiger charge is 2.27. The van der Waals surface area contributed by atoms with E-state index < -0.39 is 10.0 Å². The summed E-state index contributed by atoms with van der Waals surface area (Å²) in [6.07, 6.45) is 0.599. The molecule has 2 rings (SSSR count). The zero-order chi connectivity index (χ0) is 15.5. The number of rotatable bonds is 4. The molecule has 0 radical (unpaired) electrons. The van der Waals surface area contributed by atoms with Gasteiger partial charge in [0.2, 0.25) is 15.9 Å². The van der Waals surface area contributed by atoms with Crippen molar-refractivity contribution in [2.75, 3.05) is 19.6 Å². The highest BCUT2D eigenvalue weighted by molar-refractivity contribution is 7.88. The third kappa shape index (κ3) is 3.99. The van der Waals surface area contributed by atoms with E-state index in [1.165, 1.54) is 4.31 Å². The van der Waals surface area contributed by atoms with Gasteiger partial charge in [0, 0.05) is 18.7 Å². The van der Waals surface area contributed by atoms with E-state index in [-0.39, 0.29) is 23.2 Å². The van der Waals surface area contributed by atoms with Crippen LogP contribution < -0.4 is 11.1 Å². The van der Waals surface area contributed by atoms with Crippen molar-refractivity contribution in [1.29, 1.82) is 0 Å². The minimum Gasteiger partial charge on any atom is -0.389 e. The van der Waals surface area contributed by atoms with Crippen molar-refractivity contribution in [2.24, 2.45) is 5.73 Å². The summed E-state index contributed by atoms with van der Waals surface area (Å²) >= 11 is 4.94. The molecule has 1 aliphatic rings. The zero-order valence-corrected chi connectivity index (χ0v) is 13.0. The Bertz CT molecular complexity index is 658. The van der Waals surface area contributed by atoms with E-state index in [9.17, 15) is 13.2 Å². The van der Waals surface area contributed by atoms with Gasteiger partial charge in [0.05, 0.1) is 12.3 Å². The molecule has 1 fully saturated rings. The van der Waals surface area contributed by atoms with Crippen LogP contribution in [-0.2, 0) is 20.6 Å². The van der Waals surface area contributed by atoms with E-state index in [0.717, 1.165) is 0 Å². The third-order valence-corrected chi connectivity index (χ3v) is 5.23. The highest BCUT2D eigenvalue weighted by atomic mass is 32.2. The molecule has 21 heavy (non-hydrogen) atoms. The second kappa shape index (κ2) is 6.50. The number of nitrogens with one attached hydrogen (secondary N) is 1. The van der Waals surface area contributed by atoms with Crippen LogP contribution in [0.15, 0.2) is 24.3 Å². The van der Waals surface area contributed by atoms with Gasteiger partial charge in [0.15, 0.2) is 0 Å². The normalized spacial score (nSPS) is 17.0. The van der Waals surface area contributed by atoms with Gasteiger partial charge in [0.25, 0.3) is 0 Å². The van der Waals surface area contributed by atoms with Crippen molar-refractivity contribution in [3.8, 4) is 0 Å². The molecule has 3 N–H and O–H groups in total. The van der Waals surface area contributed by atoms with Crippen LogP contribution in [-0.4, -0.2) is 43.3 Å². The summed E-state index contributed by atoms with van der Waals surface area (Å²) in [6.45, 7) is 0.683. The standard InChI is InChI=1S/C13H17N3O3S2/c14-13(20)11-5-2-1-4-10(11)9-21(18,19)16-7-3-6-15-12(17)8-16/h1-2,4-5H,3,6-9H2,(H2,14,20)(H,15,17). The maximum atomic E-state index is 12.5. The Morgan fingerprint density at radius 2 is 2.10 bits per heavy atom. The SMILES string of the molecule is NC(=S)c1ccccc1CS(=O)(=O)N1CCCNC(=O)C1. The predicted octanol–water partition coefficient (Wildman–Crippen LogP) is -0.0275. The van der Waals surface area contributed by atoms with Crippen molar-refractivity contribution in [2.45, 2.75) is 12.2 Å². The number of sulfonamides is 1. The third-order valence-electron chi connectivity index (χ3n) is 3.24. The summed E-state index contributed by atoms with van der Waals surface area (Å²) in [5.74, 6) is -0.493. The van der Waals surface area contributed by atoms with E-state index in [2.05, 4.69) is 5.32 Å². The van der Waals surface area contributed by atoms with Crippen molar-refractivity contribution >= 4 is 33.1 Å². The average molecular weight is 327 g/mol. The average Bonchev–Trinajstić information content (AvgIpc) is 2.64. The van der Waals surface area contributed by atoms with Crippen molar-refractivity contribution in [3.63, 3.8) is 0 Å². The van der Waals surface area contributed by atoms with E-state index in [1.807, 2.05) is 0 Å². The van der Waals surface area contributed by atoms with Crippen LogP contribution in [0.3, 0.4) is 0 Å². The lowest BCUT2D eigenvalue weighted by Crippen LogP contribution is -2.38. The lowest BCUT2D eigenvalue weighted by molar-refractivity contribution is -0.120. The minimum absolute atomic E-state index is 0.141. The molecule has 1 aromatic carbocycles. The van der Waals surface area contributed by atoms with Gasteiger partial charge in [-0.05, 0) is 12.0 Å². The molecule has 114 valence electrons. The Hall–Kier alpha value is -1.51. The van der Waals surface area contributed by atoms with Crippen molar-refractivity contribution in [3.05, 3.63) is 35.4 Å². The molecule has 0 bridgehead atoms. The van der Waals surface area contributed by atoms with Crippen molar-refractivity contribution < 1.29 is 13.2 Å². The maximum absolute atomic E-state index is 12.5. The second-order valence-corrected chi connectivity index (χ2v) is 7.22. The van der Waals surface area contributed by atoms with Crippen LogP contribution in [0.25, 0.3) is 0 Å². The first-order chi connectivity index (χ1) is 9.90. The molecular weight excluding hydrogens is 310 g/mol. The van der Waals surface area contributed by atoms with Crippen LogP contribution in [0, 0.1) is 0 Å². The van der Waals surface area contributed by atoms with Crippen LogP contribution >= 0.6 is 12.2 Å². The fourth-order valence-corrected chi connectivity index (χ4v) is 3.94. The summed E-state index contributed by atoms with van der Waals surface area (Å²) in [4.78, 5) is 11.7. The predicted molar refractivity (Wildman–Crippen MR) is 84.2 cm³/mol. The van der Waals surface area contributed by atoms with Crippen molar-refractivity contribution in [1.82, 2.24) is 9.62 Å². The largest absolute Gasteiger partial charge is 0.389 e. The molecule has 0 unspecified atom stereocenters. The first kappa shape index (κ1) is 15.9. The molecule has 1 aliphatic heterocycles. The van der Waals surface area contributed by atoms with Gasteiger partial charge in [-0.3, -0.25) is 4.79 Å². The first-order valence-electron chi connectivity index (χ1n) is 6.52. The number of thiocarbonyl (C=S) groups is 1. The number of benzene rings is 1. The smallest absolute Gasteiger partial charge is 0.235 e. The number of carbonyl (C=O) groups is 1. The zero-order valence-electron chi connectivity index (χ0n) is 11.4. The summed E-state index contributed by atoms with van der Waals surface area (Å²) in [6, 6.07) is 6.87. The summed E-state index contributed by atoms with van der Waals surface area (Å²) in [5, 5.41) is 2.65. The Morgan fingerprint density at radius 3 is 2.81 bits per heavy atom. The molecule has 1 saturated heterocycles. The van der Waals surface area contributed by atoms with E-state index >= 15 is 0 Å². The van der Waals surface area contributed by atoms with E-state index in [1.54, 1.807) is 24.3 Å². The molecule has 0 aromatic heterocycles. The number of hydrogen-bond acceptors (Lipinski definition) is 4. The molecule has 8 heteroatoms. The van der Waals surface area contributed by atoms with Gasteiger partial charge in [-0.1, -0.05) is 36.5 Å². The number of hydrogen-bond donors (Lipinski definition) is 2. The molecule has 0 spiro atoms. The Labute approximate surface area is 129 Å². The fraction of sp³-hybridized carbons (Fsp3) is 0.385. The lowest BCUT2D eigenvalue weighted by Gasteiger charge is -2.19. The van der Waals surface area contributed by atoms with Gasteiger partial charge in [0.1, 0.15) is 4.99 Å². The van der Waals surface area contributed by atoms with Crippen LogP contribution in [0.4, 0.5) is 0 Å². The molecule has 0 atom stereocenters. The lowest BCUT2D eigenvalue weighted by atomic mass is 10.1. The molecule has 1 amide bonds. The number of carbonyl (C=O) groups excluding carboxylic acids is 1. The number of nitrogens with zero attached hydrogens (tertiary/aromatic N) is 1. The first-order valence-corrected chi connectivity index (χ1v) is 8.54. The van der Waals surface area contributed by atoms with Gasteiger partial charge in [-0.15, -0.1) is 0 Å². The summed E-state index contributed by atoms with van der Waals surface area (Å²) < 4.78 is 26.2. The summed E-state index contributed by atoms with van der Waals surface area (Å²) in [5.41, 5.74) is 6.72.